The van der Waals surface area contributed by atoms with Crippen LogP contribution in [0.2, 0.25) is 0 Å². The highest BCUT2D eigenvalue weighted by Gasteiger charge is 2.24. The number of nitrogens with two attached hydrogens (primary N) is 1. The van der Waals surface area contributed by atoms with Gasteiger partial charge in [-0.2, -0.15) is 0 Å². The molecule has 4 heteroatoms. The highest BCUT2D eigenvalue weighted by Crippen LogP contribution is 2.35. The number of hydrogen-bond acceptors (Lipinski definition) is 4. The molecule has 14 heavy (non-hydrogen) atoms. The van der Waals surface area contributed by atoms with Crippen molar-refractivity contribution in [3.05, 3.63) is 16.5 Å². The zero-order valence-electron chi connectivity index (χ0n) is 8.08. The third-order valence-corrected chi connectivity index (χ3v) is 3.40. The van der Waals surface area contributed by atoms with Gasteiger partial charge in [0.1, 0.15) is 0 Å². The number of hydrogen-bond donors (Lipinski definition) is 1. The minimum Gasteiger partial charge on any atom is -0.390 e. The molecule has 0 saturated carbocycles. The molecule has 1 unspecified atom stereocenters. The van der Waals surface area contributed by atoms with Crippen LogP contribution in [0.3, 0.4) is 0 Å². The summed E-state index contributed by atoms with van der Waals surface area (Å²) in [6.45, 7) is 3.08. The number of anilines is 1. The zero-order chi connectivity index (χ0) is 10.1. The van der Waals surface area contributed by atoms with Crippen LogP contribution >= 0.6 is 11.3 Å². The number of thiophene rings is 1. The molecular formula is C10H13NO2S. The molecule has 0 amide bonds. The normalized spacial score (nSPS) is 21.4. The van der Waals surface area contributed by atoms with Crippen molar-refractivity contribution < 1.29 is 9.53 Å². The van der Waals surface area contributed by atoms with Crippen molar-refractivity contribution in [3.8, 4) is 0 Å². The first-order valence-corrected chi connectivity index (χ1v) is 5.53. The van der Waals surface area contributed by atoms with E-state index in [2.05, 4.69) is 0 Å². The van der Waals surface area contributed by atoms with Gasteiger partial charge in [-0.25, -0.2) is 0 Å². The van der Waals surface area contributed by atoms with Crippen molar-refractivity contribution >= 4 is 22.1 Å². The summed E-state index contributed by atoms with van der Waals surface area (Å²) < 4.78 is 5.31. The lowest BCUT2D eigenvalue weighted by Gasteiger charge is -2.07. The van der Waals surface area contributed by atoms with Gasteiger partial charge in [-0.3, -0.25) is 4.79 Å². The average Bonchev–Trinajstić information content (AvgIpc) is 2.70. The average molecular weight is 211 g/mol. The lowest BCUT2D eigenvalue weighted by molar-refractivity contribution is 0.101. The molecule has 0 aliphatic carbocycles. The fraction of sp³-hybridized carbons (Fsp3) is 0.500. The molecule has 0 spiro atoms. The second-order valence-electron chi connectivity index (χ2n) is 3.55. The van der Waals surface area contributed by atoms with Crippen LogP contribution in [0.15, 0.2) is 5.38 Å². The molecule has 2 N–H and O–H groups in total. The van der Waals surface area contributed by atoms with Crippen LogP contribution in [0.5, 0.6) is 0 Å². The Kier molecular flexibility index (Phi) is 2.56. The molecule has 1 aromatic heterocycles. The van der Waals surface area contributed by atoms with Gasteiger partial charge in [-0.05, 0) is 24.3 Å². The molecule has 1 saturated heterocycles. The first-order valence-electron chi connectivity index (χ1n) is 4.65. The molecule has 3 nitrogen and oxygen atoms in total. The molecule has 0 aromatic carbocycles. The summed E-state index contributed by atoms with van der Waals surface area (Å²) in [4.78, 5) is 11.4. The van der Waals surface area contributed by atoms with Crippen LogP contribution < -0.4 is 5.73 Å². The van der Waals surface area contributed by atoms with Gasteiger partial charge in [0.2, 0.25) is 0 Å². The molecule has 1 fully saturated rings. The Hall–Kier alpha value is -0.870. The van der Waals surface area contributed by atoms with E-state index >= 15 is 0 Å². The lowest BCUT2D eigenvalue weighted by Crippen LogP contribution is -2.04. The number of nitrogen functional groups attached to an aromatic ring is 1. The van der Waals surface area contributed by atoms with Crippen LogP contribution in [-0.4, -0.2) is 19.0 Å². The predicted molar refractivity (Wildman–Crippen MR) is 56.9 cm³/mol. The molecule has 2 rings (SSSR count). The van der Waals surface area contributed by atoms with E-state index < -0.39 is 0 Å². The molecule has 1 atom stereocenters. The van der Waals surface area contributed by atoms with Crippen molar-refractivity contribution in [2.24, 2.45) is 0 Å². The maximum Gasteiger partial charge on any atom is 0.163 e. The summed E-state index contributed by atoms with van der Waals surface area (Å²) >= 11 is 1.45. The number of ketones is 1. The van der Waals surface area contributed by atoms with Gasteiger partial charge in [0, 0.05) is 12.5 Å². The molecule has 1 aliphatic heterocycles. The van der Waals surface area contributed by atoms with Gasteiger partial charge in [-0.1, -0.05) is 0 Å². The maximum atomic E-state index is 11.4. The quantitative estimate of drug-likeness (QED) is 0.761. The first-order chi connectivity index (χ1) is 6.70. The van der Waals surface area contributed by atoms with Crippen LogP contribution in [0.25, 0.3) is 0 Å². The summed E-state index contributed by atoms with van der Waals surface area (Å²) in [6, 6.07) is 0. The Labute approximate surface area is 86.9 Å². The van der Waals surface area contributed by atoms with E-state index in [1.807, 2.05) is 5.38 Å². The summed E-state index contributed by atoms with van der Waals surface area (Å²) in [5, 5.41) is 2.63. The molecule has 2 heterocycles. The van der Waals surface area contributed by atoms with Crippen molar-refractivity contribution in [2.45, 2.75) is 19.3 Å². The Bertz CT molecular complexity index is 353. The van der Waals surface area contributed by atoms with E-state index in [-0.39, 0.29) is 5.78 Å². The lowest BCUT2D eigenvalue weighted by atomic mass is 9.96. The summed E-state index contributed by atoms with van der Waals surface area (Å²) in [7, 11) is 0. The van der Waals surface area contributed by atoms with E-state index in [0.717, 1.165) is 25.2 Å². The van der Waals surface area contributed by atoms with Crippen molar-refractivity contribution in [3.63, 3.8) is 0 Å². The largest absolute Gasteiger partial charge is 0.390 e. The highest BCUT2D eigenvalue weighted by atomic mass is 32.1. The number of Topliss-reactive ketones (excluding diaryl/α,β-unsaturated/α-hetero) is 1. The van der Waals surface area contributed by atoms with E-state index in [0.29, 0.717) is 16.5 Å². The summed E-state index contributed by atoms with van der Waals surface area (Å²) in [5.41, 5.74) is 7.56. The SMILES string of the molecule is CC(=O)c1c(C2CCOC2)csc1N. The fourth-order valence-corrected chi connectivity index (χ4v) is 2.79. The van der Waals surface area contributed by atoms with Gasteiger partial charge in [0.15, 0.2) is 5.78 Å². The summed E-state index contributed by atoms with van der Waals surface area (Å²) in [5.74, 6) is 0.424. The van der Waals surface area contributed by atoms with Crippen molar-refractivity contribution in [1.82, 2.24) is 0 Å². The summed E-state index contributed by atoms with van der Waals surface area (Å²) in [6.07, 6.45) is 0.996. The smallest absolute Gasteiger partial charge is 0.163 e. The molecule has 0 bridgehead atoms. The van der Waals surface area contributed by atoms with Gasteiger partial charge in [0.05, 0.1) is 17.2 Å². The molecule has 1 aliphatic rings. The maximum absolute atomic E-state index is 11.4. The van der Waals surface area contributed by atoms with E-state index in [1.54, 1.807) is 6.92 Å². The van der Waals surface area contributed by atoms with Gasteiger partial charge < -0.3 is 10.5 Å². The molecule has 0 radical (unpaired) electrons. The van der Waals surface area contributed by atoms with Crippen molar-refractivity contribution in [2.75, 3.05) is 18.9 Å². The zero-order valence-corrected chi connectivity index (χ0v) is 8.89. The van der Waals surface area contributed by atoms with Gasteiger partial charge in [0.25, 0.3) is 0 Å². The van der Waals surface area contributed by atoms with Gasteiger partial charge >= 0.3 is 0 Å². The minimum atomic E-state index is 0.0608. The van der Waals surface area contributed by atoms with Crippen LogP contribution in [0, 0.1) is 0 Å². The fourth-order valence-electron chi connectivity index (χ4n) is 1.84. The molecular weight excluding hydrogens is 198 g/mol. The van der Waals surface area contributed by atoms with Crippen LogP contribution in [0.4, 0.5) is 5.00 Å². The monoisotopic (exact) mass is 211 g/mol. The Morgan fingerprint density at radius 2 is 2.50 bits per heavy atom. The first kappa shape index (κ1) is 9.68. The Balaban J connectivity index is 2.37. The van der Waals surface area contributed by atoms with Crippen molar-refractivity contribution in [1.29, 1.82) is 0 Å². The van der Waals surface area contributed by atoms with E-state index in [9.17, 15) is 4.79 Å². The Morgan fingerprint density at radius 3 is 3.07 bits per heavy atom. The standard InChI is InChI=1S/C10H13NO2S/c1-6(12)9-8(5-14-10(9)11)7-2-3-13-4-7/h5,7H,2-4,11H2,1H3. The molecule has 1 aromatic rings. The number of ether oxygens (including phenoxy) is 1. The second kappa shape index (κ2) is 3.71. The van der Waals surface area contributed by atoms with Crippen LogP contribution in [0.1, 0.15) is 35.2 Å². The molecule has 76 valence electrons. The second-order valence-corrected chi connectivity index (χ2v) is 4.46. The van der Waals surface area contributed by atoms with E-state index in [4.69, 9.17) is 10.5 Å². The van der Waals surface area contributed by atoms with Crippen LogP contribution in [-0.2, 0) is 4.74 Å². The number of carbonyl (C=O) groups excluding carboxylic acids is 1. The Morgan fingerprint density at radius 1 is 1.71 bits per heavy atom. The van der Waals surface area contributed by atoms with E-state index in [1.165, 1.54) is 11.3 Å². The topological polar surface area (TPSA) is 52.3 Å². The predicted octanol–water partition coefficient (Wildman–Crippen LogP) is 2.04. The van der Waals surface area contributed by atoms with Gasteiger partial charge in [-0.15, -0.1) is 11.3 Å². The highest BCUT2D eigenvalue weighted by molar-refractivity contribution is 7.14. The number of carbonyl (C=O) groups is 1. The number of rotatable bonds is 2. The third-order valence-electron chi connectivity index (χ3n) is 2.57. The third kappa shape index (κ3) is 1.55. The minimum absolute atomic E-state index is 0.0608.